The van der Waals surface area contributed by atoms with Crippen LogP contribution in [0.15, 0.2) is 34.8 Å². The fourth-order valence-corrected chi connectivity index (χ4v) is 2.91. The number of rotatable bonds is 7. The van der Waals surface area contributed by atoms with E-state index in [2.05, 4.69) is 45.9 Å². The number of hydrogen-bond acceptors (Lipinski definition) is 4. The maximum Gasteiger partial charge on any atom is 0.218 e. The average molecular weight is 460 g/mol. The van der Waals surface area contributed by atoms with Crippen molar-refractivity contribution in [2.45, 2.75) is 33.9 Å². The second-order valence-corrected chi connectivity index (χ2v) is 5.98. The van der Waals surface area contributed by atoms with Crippen molar-refractivity contribution in [3.8, 4) is 5.88 Å². The highest BCUT2D eigenvalue weighted by Crippen LogP contribution is 2.16. The first-order chi connectivity index (χ1) is 11.2. The van der Waals surface area contributed by atoms with Gasteiger partial charge in [-0.1, -0.05) is 6.07 Å². The third-order valence-electron chi connectivity index (χ3n) is 3.27. The second kappa shape index (κ2) is 11.2. The van der Waals surface area contributed by atoms with Crippen molar-refractivity contribution < 1.29 is 4.74 Å². The van der Waals surface area contributed by atoms with Gasteiger partial charge in [0, 0.05) is 23.2 Å². The fourth-order valence-electron chi connectivity index (χ4n) is 2.07. The number of pyridine rings is 1. The van der Waals surface area contributed by atoms with Crippen molar-refractivity contribution in [2.24, 2.45) is 4.99 Å². The molecule has 0 aliphatic rings. The normalized spacial score (nSPS) is 10.9. The van der Waals surface area contributed by atoms with E-state index in [9.17, 15) is 0 Å². The van der Waals surface area contributed by atoms with Crippen LogP contribution in [0.5, 0.6) is 5.88 Å². The minimum Gasteiger partial charge on any atom is -0.478 e. The lowest BCUT2D eigenvalue weighted by Crippen LogP contribution is -2.36. The highest BCUT2D eigenvalue weighted by atomic mass is 127. The third-order valence-corrected chi connectivity index (χ3v) is 4.29. The topological polar surface area (TPSA) is 58.5 Å². The van der Waals surface area contributed by atoms with Crippen LogP contribution in [0.3, 0.4) is 0 Å². The van der Waals surface area contributed by atoms with Crippen LogP contribution in [0, 0.1) is 6.92 Å². The Morgan fingerprint density at radius 2 is 2.12 bits per heavy atom. The summed E-state index contributed by atoms with van der Waals surface area (Å²) in [6.07, 6.45) is 1.74. The minimum absolute atomic E-state index is 0. The number of aliphatic imine (C=N–C) groups is 1. The zero-order chi connectivity index (χ0) is 16.5. The summed E-state index contributed by atoms with van der Waals surface area (Å²) in [5.74, 6) is 1.45. The summed E-state index contributed by atoms with van der Waals surface area (Å²) in [5.41, 5.74) is 2.29. The monoisotopic (exact) mass is 460 g/mol. The van der Waals surface area contributed by atoms with Gasteiger partial charge >= 0.3 is 0 Å². The van der Waals surface area contributed by atoms with Gasteiger partial charge in [0.2, 0.25) is 5.88 Å². The summed E-state index contributed by atoms with van der Waals surface area (Å²) in [6.45, 7) is 8.87. The Bertz CT molecular complexity index is 645. The van der Waals surface area contributed by atoms with Crippen molar-refractivity contribution in [3.63, 3.8) is 0 Å². The fraction of sp³-hybridized carbons (Fsp3) is 0.412. The Morgan fingerprint density at radius 3 is 2.79 bits per heavy atom. The van der Waals surface area contributed by atoms with E-state index >= 15 is 0 Å². The molecule has 132 valence electrons. The van der Waals surface area contributed by atoms with Crippen molar-refractivity contribution in [3.05, 3.63) is 45.8 Å². The Hall–Kier alpha value is -1.35. The maximum absolute atomic E-state index is 5.54. The van der Waals surface area contributed by atoms with Crippen molar-refractivity contribution in [2.75, 3.05) is 13.2 Å². The summed E-state index contributed by atoms with van der Waals surface area (Å²) >= 11 is 1.76. The van der Waals surface area contributed by atoms with Gasteiger partial charge in [0.05, 0.1) is 19.7 Å². The van der Waals surface area contributed by atoms with Gasteiger partial charge < -0.3 is 15.4 Å². The van der Waals surface area contributed by atoms with Crippen LogP contribution < -0.4 is 15.4 Å². The molecule has 0 spiro atoms. The van der Waals surface area contributed by atoms with E-state index < -0.39 is 0 Å². The number of aromatic nitrogens is 1. The predicted octanol–water partition coefficient (Wildman–Crippen LogP) is 3.72. The molecule has 2 aromatic heterocycles. The summed E-state index contributed by atoms with van der Waals surface area (Å²) in [5, 5.41) is 8.75. The molecule has 0 radical (unpaired) electrons. The van der Waals surface area contributed by atoms with Gasteiger partial charge in [0.15, 0.2) is 5.96 Å². The van der Waals surface area contributed by atoms with Crippen LogP contribution in [0.1, 0.15) is 29.9 Å². The molecule has 2 N–H and O–H groups in total. The number of thiophene rings is 1. The van der Waals surface area contributed by atoms with Crippen molar-refractivity contribution >= 4 is 41.3 Å². The molecule has 0 aromatic carbocycles. The third kappa shape index (κ3) is 6.27. The van der Waals surface area contributed by atoms with Gasteiger partial charge in [-0.2, -0.15) is 0 Å². The predicted molar refractivity (Wildman–Crippen MR) is 112 cm³/mol. The second-order valence-electron chi connectivity index (χ2n) is 4.98. The Balaban J connectivity index is 0.00000288. The number of guanidine groups is 1. The number of aryl methyl sites for hydroxylation is 1. The minimum atomic E-state index is 0. The van der Waals surface area contributed by atoms with E-state index in [1.54, 1.807) is 17.5 Å². The maximum atomic E-state index is 5.54. The summed E-state index contributed by atoms with van der Waals surface area (Å²) in [4.78, 5) is 10.2. The van der Waals surface area contributed by atoms with E-state index in [1.165, 1.54) is 10.4 Å². The number of nitrogens with one attached hydrogen (secondary N) is 2. The molecule has 5 nitrogen and oxygen atoms in total. The molecule has 0 aliphatic heterocycles. The van der Waals surface area contributed by atoms with E-state index in [0.29, 0.717) is 19.0 Å². The first-order valence-electron chi connectivity index (χ1n) is 7.86. The molecule has 0 unspecified atom stereocenters. The molecule has 7 heteroatoms. The Kier molecular flexibility index (Phi) is 9.70. The van der Waals surface area contributed by atoms with Crippen LogP contribution in [-0.2, 0) is 13.1 Å². The van der Waals surface area contributed by atoms with Crippen LogP contribution in [0.4, 0.5) is 0 Å². The van der Waals surface area contributed by atoms with Gasteiger partial charge in [-0.3, -0.25) is 0 Å². The van der Waals surface area contributed by atoms with Crippen molar-refractivity contribution in [1.29, 1.82) is 0 Å². The SMILES string of the molecule is CCNC(=NCc1cccnc1OCC)NCc1sccc1C.I. The zero-order valence-corrected chi connectivity index (χ0v) is 17.5. The molecule has 0 fully saturated rings. The largest absolute Gasteiger partial charge is 0.478 e. The molecule has 2 aromatic rings. The van der Waals surface area contributed by atoms with Gasteiger partial charge in [-0.05, 0) is 43.8 Å². The quantitative estimate of drug-likeness (QED) is 0.376. The number of ether oxygens (including phenoxy) is 1. The first-order valence-corrected chi connectivity index (χ1v) is 8.74. The van der Waals surface area contributed by atoms with Gasteiger partial charge in [0.1, 0.15) is 0 Å². The lowest BCUT2D eigenvalue weighted by molar-refractivity contribution is 0.323. The Morgan fingerprint density at radius 1 is 1.29 bits per heavy atom. The number of nitrogens with zero attached hydrogens (tertiary/aromatic N) is 2. The first kappa shape index (κ1) is 20.7. The van der Waals surface area contributed by atoms with Crippen LogP contribution in [0.2, 0.25) is 0 Å². The van der Waals surface area contributed by atoms with Gasteiger partial charge in [-0.15, -0.1) is 35.3 Å². The molecule has 0 aliphatic carbocycles. The molecule has 2 rings (SSSR count). The summed E-state index contributed by atoms with van der Waals surface area (Å²) < 4.78 is 5.54. The highest BCUT2D eigenvalue weighted by Gasteiger charge is 2.05. The van der Waals surface area contributed by atoms with Gasteiger partial charge in [0.25, 0.3) is 0 Å². The van der Waals surface area contributed by atoms with Crippen LogP contribution in [0.25, 0.3) is 0 Å². The molecule has 24 heavy (non-hydrogen) atoms. The molecule has 0 atom stereocenters. The number of halogens is 1. The van der Waals surface area contributed by atoms with Crippen molar-refractivity contribution in [1.82, 2.24) is 15.6 Å². The molecule has 0 amide bonds. The average Bonchev–Trinajstić information content (AvgIpc) is 2.97. The smallest absolute Gasteiger partial charge is 0.218 e. The highest BCUT2D eigenvalue weighted by molar-refractivity contribution is 14.0. The molecule has 0 saturated carbocycles. The molecular weight excluding hydrogens is 435 g/mol. The van der Waals surface area contributed by atoms with E-state index in [1.807, 2.05) is 19.1 Å². The lowest BCUT2D eigenvalue weighted by atomic mass is 10.3. The molecular formula is C17H25IN4OS. The Labute approximate surface area is 165 Å². The van der Waals surface area contributed by atoms with E-state index in [4.69, 9.17) is 4.74 Å². The van der Waals surface area contributed by atoms with E-state index in [0.717, 1.165) is 24.6 Å². The molecule has 0 bridgehead atoms. The molecule has 0 saturated heterocycles. The number of hydrogen-bond donors (Lipinski definition) is 2. The zero-order valence-electron chi connectivity index (χ0n) is 14.3. The summed E-state index contributed by atoms with van der Waals surface area (Å²) in [7, 11) is 0. The standard InChI is InChI=1S/C17H24N4OS.HI/c1-4-18-17(21-12-15-13(3)8-10-23-15)20-11-14-7-6-9-19-16(14)22-5-2;/h6-10H,4-5,11-12H2,1-3H3,(H2,18,20,21);1H. The molecule has 2 heterocycles. The van der Waals surface area contributed by atoms with Crippen LogP contribution >= 0.6 is 35.3 Å². The van der Waals surface area contributed by atoms with E-state index in [-0.39, 0.29) is 24.0 Å². The lowest BCUT2D eigenvalue weighted by Gasteiger charge is -2.12. The summed E-state index contributed by atoms with van der Waals surface area (Å²) in [6, 6.07) is 6.03. The van der Waals surface area contributed by atoms with Crippen LogP contribution in [-0.4, -0.2) is 24.1 Å². The van der Waals surface area contributed by atoms with Gasteiger partial charge in [-0.25, -0.2) is 9.98 Å².